The third-order valence-electron chi connectivity index (χ3n) is 2.72. The molecule has 0 unspecified atom stereocenters. The van der Waals surface area contributed by atoms with Gasteiger partial charge in [-0.3, -0.25) is 4.79 Å². The van der Waals surface area contributed by atoms with Crippen molar-refractivity contribution < 1.29 is 19.8 Å². The minimum Gasteiger partial charge on any atom is -0.480 e. The molecule has 0 spiro atoms. The number of aliphatic carboxylic acids is 1. The van der Waals surface area contributed by atoms with Gasteiger partial charge in [-0.05, 0) is 43.5 Å². The molecule has 0 bridgehead atoms. The average Bonchev–Trinajstić information content (AvgIpc) is 2.38. The van der Waals surface area contributed by atoms with E-state index in [2.05, 4.69) is 5.32 Å². The number of carboxylic acids is 2. The maximum atomic E-state index is 10.7. The van der Waals surface area contributed by atoms with Crippen LogP contribution in [-0.2, 0) is 4.79 Å². The molecule has 19 heavy (non-hydrogen) atoms. The van der Waals surface area contributed by atoms with E-state index in [1.807, 2.05) is 0 Å². The molecule has 0 saturated heterocycles. The lowest BCUT2D eigenvalue weighted by Gasteiger charge is -2.08. The van der Waals surface area contributed by atoms with E-state index in [9.17, 15) is 9.59 Å². The summed E-state index contributed by atoms with van der Waals surface area (Å²) in [6.45, 7) is 0.693. The predicted octanol–water partition coefficient (Wildman–Crippen LogP) is 1.38. The summed E-state index contributed by atoms with van der Waals surface area (Å²) < 4.78 is 0. The number of hydrogen-bond donors (Lipinski definition) is 4. The van der Waals surface area contributed by atoms with Crippen LogP contribution in [0.1, 0.15) is 29.6 Å². The lowest BCUT2D eigenvalue weighted by atomic mass is 10.1. The summed E-state index contributed by atoms with van der Waals surface area (Å²) in [6, 6.07) is 5.67. The first-order chi connectivity index (χ1) is 9.00. The fraction of sp³-hybridized carbons (Fsp3) is 0.385. The highest BCUT2D eigenvalue weighted by atomic mass is 16.4. The molecule has 6 nitrogen and oxygen atoms in total. The highest BCUT2D eigenvalue weighted by molar-refractivity contribution is 5.87. The molecule has 1 atom stereocenters. The standard InChI is InChI=1S/C13H18N2O4/c14-11(13(18)19)3-1-2-8-15-10-6-4-9(5-7-10)12(16)17/h4-7,11,15H,1-3,8,14H2,(H,16,17)(H,18,19)/t11-/m0/s1. The summed E-state index contributed by atoms with van der Waals surface area (Å²) >= 11 is 0. The van der Waals surface area contributed by atoms with Crippen molar-refractivity contribution in [1.29, 1.82) is 0 Å². The van der Waals surface area contributed by atoms with Crippen molar-refractivity contribution in [3.8, 4) is 0 Å². The molecule has 5 N–H and O–H groups in total. The summed E-state index contributed by atoms with van der Waals surface area (Å²) in [5.41, 5.74) is 6.47. The van der Waals surface area contributed by atoms with Crippen LogP contribution in [0.4, 0.5) is 5.69 Å². The van der Waals surface area contributed by atoms with Gasteiger partial charge in [-0.15, -0.1) is 0 Å². The number of benzene rings is 1. The monoisotopic (exact) mass is 266 g/mol. The molecule has 1 aromatic carbocycles. The van der Waals surface area contributed by atoms with Crippen molar-refractivity contribution in [2.75, 3.05) is 11.9 Å². The molecule has 0 radical (unpaired) electrons. The van der Waals surface area contributed by atoms with Crippen molar-refractivity contribution in [3.05, 3.63) is 29.8 Å². The van der Waals surface area contributed by atoms with Crippen LogP contribution < -0.4 is 11.1 Å². The molecule has 0 aliphatic heterocycles. The highest BCUT2D eigenvalue weighted by Crippen LogP contribution is 2.10. The average molecular weight is 266 g/mol. The second-order valence-electron chi connectivity index (χ2n) is 4.25. The summed E-state index contributed by atoms with van der Waals surface area (Å²) in [4.78, 5) is 21.1. The number of nitrogens with one attached hydrogen (secondary N) is 1. The Kier molecular flexibility index (Phi) is 5.81. The van der Waals surface area contributed by atoms with Gasteiger partial charge in [0.1, 0.15) is 6.04 Å². The van der Waals surface area contributed by atoms with Gasteiger partial charge in [-0.1, -0.05) is 0 Å². The van der Waals surface area contributed by atoms with Crippen LogP contribution in [0.15, 0.2) is 24.3 Å². The van der Waals surface area contributed by atoms with E-state index in [4.69, 9.17) is 15.9 Å². The van der Waals surface area contributed by atoms with E-state index in [0.29, 0.717) is 13.0 Å². The third kappa shape index (κ3) is 5.39. The van der Waals surface area contributed by atoms with Crippen LogP contribution in [0, 0.1) is 0 Å². The largest absolute Gasteiger partial charge is 0.480 e. The third-order valence-corrected chi connectivity index (χ3v) is 2.72. The molecule has 0 amide bonds. The zero-order chi connectivity index (χ0) is 14.3. The summed E-state index contributed by atoms with van der Waals surface area (Å²) in [6.07, 6.45) is 1.99. The van der Waals surface area contributed by atoms with Crippen molar-refractivity contribution in [2.24, 2.45) is 5.73 Å². The van der Waals surface area contributed by atoms with E-state index in [1.165, 1.54) is 12.1 Å². The van der Waals surface area contributed by atoms with Gasteiger partial charge in [0.2, 0.25) is 0 Å². The molecule has 1 rings (SSSR count). The molecular formula is C13H18N2O4. The Morgan fingerprint density at radius 2 is 1.79 bits per heavy atom. The molecule has 0 fully saturated rings. The van der Waals surface area contributed by atoms with Gasteiger partial charge < -0.3 is 21.3 Å². The zero-order valence-electron chi connectivity index (χ0n) is 10.5. The smallest absolute Gasteiger partial charge is 0.335 e. The van der Waals surface area contributed by atoms with Gasteiger partial charge in [0.15, 0.2) is 0 Å². The van der Waals surface area contributed by atoms with Gasteiger partial charge in [0.05, 0.1) is 5.56 Å². The number of carbonyl (C=O) groups is 2. The van der Waals surface area contributed by atoms with E-state index < -0.39 is 18.0 Å². The fourth-order valence-corrected chi connectivity index (χ4v) is 1.58. The molecule has 0 aliphatic rings. The normalized spacial score (nSPS) is 11.8. The predicted molar refractivity (Wildman–Crippen MR) is 71.4 cm³/mol. The van der Waals surface area contributed by atoms with Gasteiger partial charge in [-0.2, -0.15) is 0 Å². The van der Waals surface area contributed by atoms with Crippen LogP contribution in [0.3, 0.4) is 0 Å². The lowest BCUT2D eigenvalue weighted by molar-refractivity contribution is -0.138. The second kappa shape index (κ2) is 7.38. The van der Waals surface area contributed by atoms with Crippen LogP contribution in [-0.4, -0.2) is 34.7 Å². The summed E-state index contributed by atoms with van der Waals surface area (Å²) in [7, 11) is 0. The highest BCUT2D eigenvalue weighted by Gasteiger charge is 2.09. The molecule has 1 aromatic rings. The van der Waals surface area contributed by atoms with E-state index in [1.54, 1.807) is 12.1 Å². The van der Waals surface area contributed by atoms with Crippen LogP contribution >= 0.6 is 0 Å². The number of aromatic carboxylic acids is 1. The van der Waals surface area contributed by atoms with Gasteiger partial charge in [0.25, 0.3) is 0 Å². The van der Waals surface area contributed by atoms with Gasteiger partial charge >= 0.3 is 11.9 Å². The zero-order valence-corrected chi connectivity index (χ0v) is 10.5. The van der Waals surface area contributed by atoms with Crippen LogP contribution in [0.5, 0.6) is 0 Å². The number of nitrogens with two attached hydrogens (primary N) is 1. The Balaban J connectivity index is 2.22. The topological polar surface area (TPSA) is 113 Å². The maximum Gasteiger partial charge on any atom is 0.335 e. The number of carboxylic acid groups (broad SMARTS) is 2. The number of rotatable bonds is 8. The van der Waals surface area contributed by atoms with Crippen LogP contribution in [0.2, 0.25) is 0 Å². The lowest BCUT2D eigenvalue weighted by Crippen LogP contribution is -2.29. The molecule has 0 saturated carbocycles. The number of unbranched alkanes of at least 4 members (excludes halogenated alkanes) is 1. The second-order valence-corrected chi connectivity index (χ2v) is 4.25. The Bertz CT molecular complexity index is 431. The van der Waals surface area contributed by atoms with Crippen molar-refractivity contribution in [3.63, 3.8) is 0 Å². The SMILES string of the molecule is N[C@@H](CCCCNc1ccc(C(=O)O)cc1)C(=O)O. The van der Waals surface area contributed by atoms with Gasteiger partial charge in [0, 0.05) is 12.2 Å². The Morgan fingerprint density at radius 1 is 1.16 bits per heavy atom. The summed E-state index contributed by atoms with van der Waals surface area (Å²) in [5, 5.41) is 20.5. The first-order valence-electron chi connectivity index (χ1n) is 6.06. The Morgan fingerprint density at radius 3 is 2.32 bits per heavy atom. The van der Waals surface area contributed by atoms with Gasteiger partial charge in [-0.25, -0.2) is 4.79 Å². The van der Waals surface area contributed by atoms with E-state index in [-0.39, 0.29) is 5.56 Å². The van der Waals surface area contributed by atoms with Crippen molar-refractivity contribution in [1.82, 2.24) is 0 Å². The Hall–Kier alpha value is -2.08. The number of hydrogen-bond acceptors (Lipinski definition) is 4. The molecule has 0 heterocycles. The molecular weight excluding hydrogens is 248 g/mol. The summed E-state index contributed by atoms with van der Waals surface area (Å²) in [5.74, 6) is -1.92. The maximum absolute atomic E-state index is 10.7. The van der Waals surface area contributed by atoms with Crippen molar-refractivity contribution in [2.45, 2.75) is 25.3 Å². The first-order valence-corrected chi connectivity index (χ1v) is 6.06. The minimum absolute atomic E-state index is 0.248. The Labute approximate surface area is 111 Å². The minimum atomic E-state index is -0.975. The molecule has 6 heteroatoms. The number of anilines is 1. The van der Waals surface area contributed by atoms with E-state index in [0.717, 1.165) is 18.5 Å². The molecule has 0 aromatic heterocycles. The molecule has 104 valence electrons. The quantitative estimate of drug-likeness (QED) is 0.529. The van der Waals surface area contributed by atoms with Crippen molar-refractivity contribution >= 4 is 17.6 Å². The van der Waals surface area contributed by atoms with E-state index >= 15 is 0 Å². The fourth-order valence-electron chi connectivity index (χ4n) is 1.58. The van der Waals surface area contributed by atoms with Crippen LogP contribution in [0.25, 0.3) is 0 Å². The first kappa shape index (κ1) is 15.0. The molecule has 0 aliphatic carbocycles.